The number of benzene rings is 1. The highest BCUT2D eigenvalue weighted by molar-refractivity contribution is 5.89. The van der Waals surface area contributed by atoms with Crippen LogP contribution in [-0.4, -0.2) is 43.2 Å². The molecule has 0 aliphatic carbocycles. The van der Waals surface area contributed by atoms with Gasteiger partial charge in [0.15, 0.2) is 0 Å². The lowest BCUT2D eigenvalue weighted by atomic mass is 10.1. The Morgan fingerprint density at radius 3 is 2.48 bits per heavy atom. The van der Waals surface area contributed by atoms with Crippen molar-refractivity contribution < 1.29 is 14.3 Å². The summed E-state index contributed by atoms with van der Waals surface area (Å²) < 4.78 is 10.9. The fourth-order valence-electron chi connectivity index (χ4n) is 2.65. The summed E-state index contributed by atoms with van der Waals surface area (Å²) in [5, 5.41) is 0. The third-order valence-corrected chi connectivity index (χ3v) is 3.67. The summed E-state index contributed by atoms with van der Waals surface area (Å²) >= 11 is 0. The van der Waals surface area contributed by atoms with E-state index in [4.69, 9.17) is 9.47 Å². The largest absolute Gasteiger partial charge is 0.494 e. The Bertz CT molecular complexity index is 438. The zero-order valence-corrected chi connectivity index (χ0v) is 13.0. The van der Waals surface area contributed by atoms with Gasteiger partial charge in [0.1, 0.15) is 11.9 Å². The van der Waals surface area contributed by atoms with Crippen LogP contribution in [0.4, 0.5) is 0 Å². The van der Waals surface area contributed by atoms with Crippen molar-refractivity contribution in [2.45, 2.75) is 39.2 Å². The number of carbonyl (C=O) groups is 1. The smallest absolute Gasteiger partial charge is 0.338 e. The Hall–Kier alpha value is -1.55. The van der Waals surface area contributed by atoms with E-state index in [1.54, 1.807) is 24.3 Å². The van der Waals surface area contributed by atoms with Crippen LogP contribution in [0.15, 0.2) is 24.3 Å². The van der Waals surface area contributed by atoms with E-state index < -0.39 is 0 Å². The number of hydrogen-bond acceptors (Lipinski definition) is 4. The van der Waals surface area contributed by atoms with Gasteiger partial charge in [0.2, 0.25) is 0 Å². The van der Waals surface area contributed by atoms with E-state index >= 15 is 0 Å². The second-order valence-corrected chi connectivity index (χ2v) is 5.53. The average molecular weight is 291 g/mol. The molecule has 1 atom stereocenters. The van der Waals surface area contributed by atoms with Crippen molar-refractivity contribution in [3.05, 3.63) is 29.8 Å². The molecule has 1 aliphatic rings. The maximum Gasteiger partial charge on any atom is 0.338 e. The predicted molar refractivity (Wildman–Crippen MR) is 82.8 cm³/mol. The summed E-state index contributed by atoms with van der Waals surface area (Å²) in [4.78, 5) is 14.5. The van der Waals surface area contributed by atoms with Gasteiger partial charge in [-0.3, -0.25) is 4.90 Å². The van der Waals surface area contributed by atoms with E-state index in [0.29, 0.717) is 12.2 Å². The van der Waals surface area contributed by atoms with Gasteiger partial charge >= 0.3 is 5.97 Å². The number of nitrogens with zero attached hydrogens (tertiary/aromatic N) is 1. The van der Waals surface area contributed by atoms with Gasteiger partial charge in [0.25, 0.3) is 0 Å². The number of hydrogen-bond donors (Lipinski definition) is 0. The maximum absolute atomic E-state index is 12.1. The normalized spacial score (nSPS) is 17.2. The van der Waals surface area contributed by atoms with Crippen LogP contribution in [0.2, 0.25) is 0 Å². The van der Waals surface area contributed by atoms with Gasteiger partial charge in [0, 0.05) is 6.54 Å². The Balaban J connectivity index is 1.82. The van der Waals surface area contributed by atoms with Gasteiger partial charge in [-0.2, -0.15) is 0 Å². The van der Waals surface area contributed by atoms with Crippen molar-refractivity contribution >= 4 is 5.97 Å². The molecule has 0 spiro atoms. The summed E-state index contributed by atoms with van der Waals surface area (Å²) in [5.41, 5.74) is 0.573. The van der Waals surface area contributed by atoms with E-state index in [2.05, 4.69) is 4.90 Å². The first-order chi connectivity index (χ1) is 10.2. The van der Waals surface area contributed by atoms with Crippen LogP contribution in [0, 0.1) is 0 Å². The van der Waals surface area contributed by atoms with Crippen LogP contribution < -0.4 is 4.74 Å². The molecule has 1 saturated heterocycles. The Labute approximate surface area is 127 Å². The molecule has 0 amide bonds. The summed E-state index contributed by atoms with van der Waals surface area (Å²) in [5.74, 6) is 0.512. The third kappa shape index (κ3) is 5.05. The molecule has 1 fully saturated rings. The molecule has 1 aromatic carbocycles. The van der Waals surface area contributed by atoms with Gasteiger partial charge in [0.05, 0.1) is 12.2 Å². The van der Waals surface area contributed by atoms with Crippen molar-refractivity contribution in [3.63, 3.8) is 0 Å². The minimum Gasteiger partial charge on any atom is -0.494 e. The molecule has 2 rings (SSSR count). The predicted octanol–water partition coefficient (Wildman–Crippen LogP) is 3.12. The molecular formula is C17H25NO3. The fourth-order valence-corrected chi connectivity index (χ4v) is 2.65. The highest BCUT2D eigenvalue weighted by Gasteiger charge is 2.17. The van der Waals surface area contributed by atoms with Gasteiger partial charge in [-0.05, 0) is 64.0 Å². The number of rotatable bonds is 6. The number of likely N-dealkylation sites (tertiary alicyclic amines) is 1. The molecule has 0 N–H and O–H groups in total. The first-order valence-corrected chi connectivity index (χ1v) is 7.85. The maximum atomic E-state index is 12.1. The molecule has 0 radical (unpaired) electrons. The molecule has 1 aromatic rings. The van der Waals surface area contributed by atoms with Gasteiger partial charge < -0.3 is 9.47 Å². The van der Waals surface area contributed by atoms with Crippen molar-refractivity contribution in [2.24, 2.45) is 0 Å². The standard InChI is InChI=1S/C17H25NO3/c1-3-20-16-9-7-15(8-10-16)17(19)21-14(2)13-18-11-5-4-6-12-18/h7-10,14H,3-6,11-13H2,1-2H3. The molecule has 4 nitrogen and oxygen atoms in total. The number of ether oxygens (including phenoxy) is 2. The molecular weight excluding hydrogens is 266 g/mol. The summed E-state index contributed by atoms with van der Waals surface area (Å²) in [6.07, 6.45) is 3.73. The molecule has 1 aliphatic heterocycles. The van der Waals surface area contributed by atoms with Crippen LogP contribution in [0.3, 0.4) is 0 Å². The summed E-state index contributed by atoms with van der Waals surface area (Å²) in [7, 11) is 0. The van der Waals surface area contributed by atoms with Crippen molar-refractivity contribution in [1.82, 2.24) is 4.90 Å². The van der Waals surface area contributed by atoms with Crippen LogP contribution in [-0.2, 0) is 4.74 Å². The van der Waals surface area contributed by atoms with Crippen LogP contribution in [0.5, 0.6) is 5.75 Å². The topological polar surface area (TPSA) is 38.8 Å². The van der Waals surface area contributed by atoms with E-state index in [-0.39, 0.29) is 12.1 Å². The zero-order valence-electron chi connectivity index (χ0n) is 13.0. The van der Waals surface area contributed by atoms with Crippen LogP contribution in [0.25, 0.3) is 0 Å². The minimum atomic E-state index is -0.262. The monoisotopic (exact) mass is 291 g/mol. The van der Waals surface area contributed by atoms with Gasteiger partial charge in [-0.25, -0.2) is 4.79 Å². The molecule has 0 aromatic heterocycles. The first-order valence-electron chi connectivity index (χ1n) is 7.85. The Morgan fingerprint density at radius 1 is 1.19 bits per heavy atom. The van der Waals surface area contributed by atoms with E-state index in [0.717, 1.165) is 25.4 Å². The molecule has 4 heteroatoms. The number of piperidine rings is 1. The average Bonchev–Trinajstić information content (AvgIpc) is 2.49. The second kappa shape index (κ2) is 8.03. The van der Waals surface area contributed by atoms with E-state index in [1.165, 1.54) is 19.3 Å². The van der Waals surface area contributed by atoms with E-state index in [9.17, 15) is 4.79 Å². The molecule has 1 unspecified atom stereocenters. The molecule has 21 heavy (non-hydrogen) atoms. The Morgan fingerprint density at radius 2 is 1.86 bits per heavy atom. The van der Waals surface area contributed by atoms with Crippen LogP contribution >= 0.6 is 0 Å². The lowest BCUT2D eigenvalue weighted by Crippen LogP contribution is -2.37. The van der Waals surface area contributed by atoms with Gasteiger partial charge in [-0.15, -0.1) is 0 Å². The van der Waals surface area contributed by atoms with Crippen molar-refractivity contribution in [1.29, 1.82) is 0 Å². The van der Waals surface area contributed by atoms with Gasteiger partial charge in [-0.1, -0.05) is 6.42 Å². The SMILES string of the molecule is CCOc1ccc(C(=O)OC(C)CN2CCCCC2)cc1. The second-order valence-electron chi connectivity index (χ2n) is 5.53. The summed E-state index contributed by atoms with van der Waals surface area (Å²) in [6.45, 7) is 7.57. The fraction of sp³-hybridized carbons (Fsp3) is 0.588. The molecule has 0 saturated carbocycles. The van der Waals surface area contributed by atoms with Crippen molar-refractivity contribution in [2.75, 3.05) is 26.2 Å². The highest BCUT2D eigenvalue weighted by Crippen LogP contribution is 2.14. The highest BCUT2D eigenvalue weighted by atomic mass is 16.5. The molecule has 1 heterocycles. The lowest BCUT2D eigenvalue weighted by molar-refractivity contribution is 0.0236. The third-order valence-electron chi connectivity index (χ3n) is 3.67. The van der Waals surface area contributed by atoms with Crippen molar-refractivity contribution in [3.8, 4) is 5.75 Å². The van der Waals surface area contributed by atoms with Crippen LogP contribution in [0.1, 0.15) is 43.5 Å². The zero-order chi connectivity index (χ0) is 15.1. The lowest BCUT2D eigenvalue weighted by Gasteiger charge is -2.28. The number of esters is 1. The molecule has 0 bridgehead atoms. The quantitative estimate of drug-likeness (QED) is 0.755. The number of carbonyl (C=O) groups excluding carboxylic acids is 1. The molecule has 116 valence electrons. The van der Waals surface area contributed by atoms with E-state index in [1.807, 2.05) is 13.8 Å². The first kappa shape index (κ1) is 15.8. The minimum absolute atomic E-state index is 0.0813. The Kier molecular flexibility index (Phi) is 6.05. The summed E-state index contributed by atoms with van der Waals surface area (Å²) in [6, 6.07) is 7.10.